The summed E-state index contributed by atoms with van der Waals surface area (Å²) in [6.07, 6.45) is 2.08. The molecular formula is C12H6FN3O3. The fraction of sp³-hybridized carbons (Fsp3) is 0. The average molecular weight is 259 g/mol. The lowest BCUT2D eigenvalue weighted by Gasteiger charge is -2.06. The molecule has 1 heterocycles. The molecule has 1 aromatic heterocycles. The fourth-order valence-corrected chi connectivity index (χ4v) is 1.29. The molecule has 2 rings (SSSR count). The molecule has 1 N–H and O–H groups in total. The maximum Gasteiger partial charge on any atom is 0.356 e. The first kappa shape index (κ1) is 12.4. The molecule has 6 nitrogen and oxygen atoms in total. The van der Waals surface area contributed by atoms with E-state index in [1.165, 1.54) is 12.1 Å². The Labute approximate surface area is 106 Å². The number of carbonyl (C=O) groups is 1. The Bertz CT molecular complexity index is 665. The van der Waals surface area contributed by atoms with Crippen molar-refractivity contribution in [3.63, 3.8) is 0 Å². The Hall–Kier alpha value is -3.01. The van der Waals surface area contributed by atoms with Gasteiger partial charge in [0.1, 0.15) is 23.2 Å². The van der Waals surface area contributed by atoms with Crippen molar-refractivity contribution in [3.05, 3.63) is 47.7 Å². The van der Waals surface area contributed by atoms with Crippen molar-refractivity contribution in [2.24, 2.45) is 0 Å². The van der Waals surface area contributed by atoms with Crippen LogP contribution in [0.5, 0.6) is 11.6 Å². The van der Waals surface area contributed by atoms with Crippen molar-refractivity contribution in [1.29, 1.82) is 5.26 Å². The summed E-state index contributed by atoms with van der Waals surface area (Å²) in [5.41, 5.74) is -0.501. The summed E-state index contributed by atoms with van der Waals surface area (Å²) in [6.45, 7) is 0. The van der Waals surface area contributed by atoms with Crippen molar-refractivity contribution >= 4 is 5.97 Å². The highest BCUT2D eigenvalue weighted by Crippen LogP contribution is 2.24. The number of nitrogens with zero attached hydrogens (tertiary/aromatic N) is 3. The maximum absolute atomic E-state index is 13.3. The van der Waals surface area contributed by atoms with Gasteiger partial charge in [-0.2, -0.15) is 5.26 Å². The highest BCUT2D eigenvalue weighted by molar-refractivity contribution is 5.84. The first-order chi connectivity index (χ1) is 9.11. The van der Waals surface area contributed by atoms with Crippen molar-refractivity contribution in [2.75, 3.05) is 0 Å². The van der Waals surface area contributed by atoms with E-state index in [-0.39, 0.29) is 22.9 Å². The minimum Gasteiger partial charge on any atom is -0.476 e. The van der Waals surface area contributed by atoms with E-state index >= 15 is 0 Å². The summed E-state index contributed by atoms with van der Waals surface area (Å²) in [7, 11) is 0. The number of halogens is 1. The number of carboxylic acids is 1. The van der Waals surface area contributed by atoms with Gasteiger partial charge in [0.25, 0.3) is 0 Å². The summed E-state index contributed by atoms with van der Waals surface area (Å²) in [4.78, 5) is 17.9. The topological polar surface area (TPSA) is 96.1 Å². The highest BCUT2D eigenvalue weighted by Gasteiger charge is 2.11. The Morgan fingerprint density at radius 2 is 2.16 bits per heavy atom. The molecule has 94 valence electrons. The lowest BCUT2D eigenvalue weighted by molar-refractivity contribution is 0.0690. The molecule has 19 heavy (non-hydrogen) atoms. The van der Waals surface area contributed by atoms with Gasteiger partial charge in [-0.1, -0.05) is 6.07 Å². The van der Waals surface area contributed by atoms with Crippen LogP contribution in [0.4, 0.5) is 4.39 Å². The van der Waals surface area contributed by atoms with Crippen LogP contribution in [0.2, 0.25) is 0 Å². The van der Waals surface area contributed by atoms with Crippen molar-refractivity contribution in [3.8, 4) is 17.7 Å². The second-order valence-electron chi connectivity index (χ2n) is 3.37. The lowest BCUT2D eigenvalue weighted by atomic mass is 10.2. The number of hydrogen-bond donors (Lipinski definition) is 1. The van der Waals surface area contributed by atoms with Crippen LogP contribution in [0, 0.1) is 17.1 Å². The van der Waals surface area contributed by atoms with Crippen LogP contribution < -0.4 is 4.74 Å². The number of benzene rings is 1. The Morgan fingerprint density at radius 3 is 2.74 bits per heavy atom. The lowest BCUT2D eigenvalue weighted by Crippen LogP contribution is -2.01. The van der Waals surface area contributed by atoms with Crippen LogP contribution >= 0.6 is 0 Å². The van der Waals surface area contributed by atoms with E-state index in [2.05, 4.69) is 9.97 Å². The zero-order valence-electron chi connectivity index (χ0n) is 9.37. The molecule has 1 aromatic carbocycles. The van der Waals surface area contributed by atoms with Gasteiger partial charge in [0, 0.05) is 0 Å². The van der Waals surface area contributed by atoms with Gasteiger partial charge < -0.3 is 9.84 Å². The number of nitriles is 1. The van der Waals surface area contributed by atoms with Crippen molar-refractivity contribution < 1.29 is 19.0 Å². The molecule has 2 aromatic rings. The summed E-state index contributed by atoms with van der Waals surface area (Å²) in [5, 5.41) is 17.5. The molecule has 0 saturated carbocycles. The molecule has 0 saturated heterocycles. The van der Waals surface area contributed by atoms with Gasteiger partial charge in [-0.15, -0.1) is 0 Å². The molecule has 0 unspecified atom stereocenters. The molecule has 0 radical (unpaired) electrons. The predicted octanol–water partition coefficient (Wildman–Crippen LogP) is 1.98. The van der Waals surface area contributed by atoms with Crippen LogP contribution in [-0.4, -0.2) is 21.0 Å². The standard InChI is InChI=1S/C12H6FN3O3/c13-8-2-1-3-10(7(8)4-14)19-11-6-15-9(5-16-11)12(17)18/h1-3,5-6H,(H,17,18). The first-order valence-corrected chi connectivity index (χ1v) is 5.03. The third-order valence-corrected chi connectivity index (χ3v) is 2.15. The molecule has 0 bridgehead atoms. The monoisotopic (exact) mass is 259 g/mol. The van der Waals surface area contributed by atoms with Gasteiger partial charge in [0.05, 0.1) is 12.4 Å². The first-order valence-electron chi connectivity index (χ1n) is 5.03. The maximum atomic E-state index is 13.3. The SMILES string of the molecule is N#Cc1c(F)cccc1Oc1cnc(C(=O)O)cn1. The third kappa shape index (κ3) is 2.63. The van der Waals surface area contributed by atoms with Gasteiger partial charge in [-0.25, -0.2) is 19.2 Å². The fourth-order valence-electron chi connectivity index (χ4n) is 1.29. The van der Waals surface area contributed by atoms with Gasteiger partial charge >= 0.3 is 5.97 Å². The number of carboxylic acid groups (broad SMARTS) is 1. The predicted molar refractivity (Wildman–Crippen MR) is 60.2 cm³/mol. The van der Waals surface area contributed by atoms with E-state index in [0.29, 0.717) is 0 Å². The quantitative estimate of drug-likeness (QED) is 0.905. The zero-order valence-corrected chi connectivity index (χ0v) is 9.37. The van der Waals surface area contributed by atoms with Crippen LogP contribution in [0.3, 0.4) is 0 Å². The third-order valence-electron chi connectivity index (χ3n) is 2.15. The minimum atomic E-state index is -1.22. The molecule has 0 fully saturated rings. The Morgan fingerprint density at radius 1 is 1.37 bits per heavy atom. The minimum absolute atomic E-state index is 0.0140. The Balaban J connectivity index is 2.29. The number of ether oxygens (including phenoxy) is 1. The average Bonchev–Trinajstić information content (AvgIpc) is 2.39. The van der Waals surface area contributed by atoms with Crippen LogP contribution in [-0.2, 0) is 0 Å². The second kappa shape index (κ2) is 5.10. The molecular weight excluding hydrogens is 253 g/mol. The van der Waals surface area contributed by atoms with Crippen LogP contribution in [0.15, 0.2) is 30.6 Å². The molecule has 0 aliphatic rings. The zero-order chi connectivity index (χ0) is 13.8. The highest BCUT2D eigenvalue weighted by atomic mass is 19.1. The van der Waals surface area contributed by atoms with Crippen LogP contribution in [0.25, 0.3) is 0 Å². The largest absolute Gasteiger partial charge is 0.476 e. The number of hydrogen-bond acceptors (Lipinski definition) is 5. The summed E-state index contributed by atoms with van der Waals surface area (Å²) >= 11 is 0. The summed E-state index contributed by atoms with van der Waals surface area (Å²) < 4.78 is 18.5. The van der Waals surface area contributed by atoms with E-state index in [0.717, 1.165) is 18.5 Å². The second-order valence-corrected chi connectivity index (χ2v) is 3.37. The van der Waals surface area contributed by atoms with Crippen LogP contribution in [0.1, 0.15) is 16.1 Å². The molecule has 7 heteroatoms. The van der Waals surface area contributed by atoms with E-state index in [4.69, 9.17) is 15.1 Å². The van der Waals surface area contributed by atoms with Gasteiger partial charge in [0.2, 0.25) is 5.88 Å². The van der Waals surface area contributed by atoms with Gasteiger partial charge in [-0.3, -0.25) is 0 Å². The summed E-state index contributed by atoms with van der Waals surface area (Å²) in [5.74, 6) is -1.98. The Kier molecular flexibility index (Phi) is 3.34. The smallest absolute Gasteiger partial charge is 0.356 e. The molecule has 0 aliphatic heterocycles. The molecule has 0 spiro atoms. The summed E-state index contributed by atoms with van der Waals surface area (Å²) in [6, 6.07) is 5.58. The van der Waals surface area contributed by atoms with E-state index in [9.17, 15) is 9.18 Å². The molecule has 0 aliphatic carbocycles. The van der Waals surface area contributed by atoms with E-state index in [1.807, 2.05) is 0 Å². The van der Waals surface area contributed by atoms with Crippen molar-refractivity contribution in [2.45, 2.75) is 0 Å². The number of aromatic carboxylic acids is 1. The number of rotatable bonds is 3. The van der Waals surface area contributed by atoms with Crippen molar-refractivity contribution in [1.82, 2.24) is 9.97 Å². The normalized spacial score (nSPS) is 9.68. The van der Waals surface area contributed by atoms with E-state index in [1.54, 1.807) is 6.07 Å². The van der Waals surface area contributed by atoms with E-state index < -0.39 is 11.8 Å². The van der Waals surface area contributed by atoms with Gasteiger partial charge in [0.15, 0.2) is 5.69 Å². The molecule has 0 amide bonds. The number of aromatic nitrogens is 2. The van der Waals surface area contributed by atoms with Gasteiger partial charge in [-0.05, 0) is 12.1 Å². The molecule has 0 atom stereocenters.